The fourth-order valence-corrected chi connectivity index (χ4v) is 1.84. The van der Waals surface area contributed by atoms with E-state index >= 15 is 0 Å². The number of nitrogens with zero attached hydrogens (tertiary/aromatic N) is 1. The fraction of sp³-hybridized carbons (Fsp3) is 0.364. The van der Waals surface area contributed by atoms with Crippen LogP contribution in [0.5, 0.6) is 0 Å². The molecule has 2 rings (SSSR count). The molecule has 1 aromatic rings. The molecule has 0 radical (unpaired) electrons. The predicted molar refractivity (Wildman–Crippen MR) is 61.0 cm³/mol. The molecule has 1 aromatic carbocycles. The molecule has 78 valence electrons. The van der Waals surface area contributed by atoms with Crippen molar-refractivity contribution < 1.29 is 0 Å². The van der Waals surface area contributed by atoms with Crippen molar-refractivity contribution in [3.63, 3.8) is 0 Å². The summed E-state index contributed by atoms with van der Waals surface area (Å²) < 4.78 is 0. The smallest absolute Gasteiger partial charge is 0.123 e. The summed E-state index contributed by atoms with van der Waals surface area (Å²) in [6.07, 6.45) is 2.27. The topological polar surface area (TPSA) is 35.8 Å². The highest BCUT2D eigenvalue weighted by Crippen LogP contribution is 2.31. The molecule has 0 heterocycles. The molecular formula is C11H10Cl2N2. The van der Waals surface area contributed by atoms with Crippen molar-refractivity contribution in [2.75, 3.05) is 0 Å². The maximum absolute atomic E-state index is 9.06. The maximum Gasteiger partial charge on any atom is 0.123 e. The molecule has 1 aliphatic rings. The second-order valence-electron chi connectivity index (χ2n) is 3.65. The second kappa shape index (κ2) is 4.40. The van der Waals surface area contributed by atoms with Crippen LogP contribution in [0.1, 0.15) is 24.4 Å². The molecule has 0 aliphatic heterocycles. The third-order valence-corrected chi connectivity index (χ3v) is 3.23. The Morgan fingerprint density at radius 1 is 1.40 bits per heavy atom. The van der Waals surface area contributed by atoms with E-state index in [4.69, 9.17) is 28.5 Å². The zero-order chi connectivity index (χ0) is 10.8. The largest absolute Gasteiger partial charge is 0.295 e. The second-order valence-corrected chi connectivity index (χ2v) is 4.43. The quantitative estimate of drug-likeness (QED) is 0.881. The van der Waals surface area contributed by atoms with E-state index in [0.717, 1.165) is 18.4 Å². The first-order valence-corrected chi connectivity index (χ1v) is 5.57. The first-order chi connectivity index (χ1) is 7.22. The summed E-state index contributed by atoms with van der Waals surface area (Å²) >= 11 is 11.9. The summed E-state index contributed by atoms with van der Waals surface area (Å²) in [5.74, 6) is 0. The first kappa shape index (κ1) is 10.8. The normalized spacial score (nSPS) is 17.1. The van der Waals surface area contributed by atoms with Crippen LogP contribution in [0.2, 0.25) is 10.0 Å². The van der Waals surface area contributed by atoms with E-state index in [9.17, 15) is 0 Å². The number of hydrogen-bond acceptors (Lipinski definition) is 2. The highest BCUT2D eigenvalue weighted by Gasteiger charge is 2.26. The van der Waals surface area contributed by atoms with Crippen LogP contribution in [-0.4, -0.2) is 6.04 Å². The van der Waals surface area contributed by atoms with Gasteiger partial charge >= 0.3 is 0 Å². The molecule has 0 amide bonds. The first-order valence-electron chi connectivity index (χ1n) is 4.82. The van der Waals surface area contributed by atoms with Gasteiger partial charge in [-0.05, 0) is 18.9 Å². The van der Waals surface area contributed by atoms with Gasteiger partial charge in [0.25, 0.3) is 0 Å². The summed E-state index contributed by atoms with van der Waals surface area (Å²) in [7, 11) is 0. The van der Waals surface area contributed by atoms with Crippen LogP contribution in [0.4, 0.5) is 0 Å². The Balaban J connectivity index is 2.25. The minimum absolute atomic E-state index is 0.358. The molecule has 1 saturated carbocycles. The molecule has 0 aromatic heterocycles. The molecule has 1 N–H and O–H groups in total. The van der Waals surface area contributed by atoms with Gasteiger partial charge in [-0.1, -0.05) is 35.3 Å². The molecule has 1 unspecified atom stereocenters. The van der Waals surface area contributed by atoms with Crippen LogP contribution >= 0.6 is 23.2 Å². The Morgan fingerprint density at radius 2 is 2.13 bits per heavy atom. The summed E-state index contributed by atoms with van der Waals surface area (Å²) in [6.45, 7) is 0. The van der Waals surface area contributed by atoms with Crippen LogP contribution in [0.3, 0.4) is 0 Å². The highest BCUT2D eigenvalue weighted by molar-refractivity contribution is 6.42. The van der Waals surface area contributed by atoms with Gasteiger partial charge in [-0.25, -0.2) is 0 Å². The molecule has 15 heavy (non-hydrogen) atoms. The van der Waals surface area contributed by atoms with Crippen LogP contribution in [0, 0.1) is 11.3 Å². The van der Waals surface area contributed by atoms with Gasteiger partial charge < -0.3 is 0 Å². The average Bonchev–Trinajstić information content (AvgIpc) is 3.03. The zero-order valence-corrected chi connectivity index (χ0v) is 9.52. The van der Waals surface area contributed by atoms with Gasteiger partial charge in [0.05, 0.1) is 16.1 Å². The number of rotatable bonds is 3. The van der Waals surface area contributed by atoms with Crippen LogP contribution < -0.4 is 5.32 Å². The van der Waals surface area contributed by atoms with E-state index in [1.807, 2.05) is 12.1 Å². The molecule has 1 atom stereocenters. The molecular weight excluding hydrogens is 231 g/mol. The van der Waals surface area contributed by atoms with Crippen molar-refractivity contribution in [2.45, 2.75) is 24.9 Å². The molecule has 0 bridgehead atoms. The molecule has 1 aliphatic carbocycles. The lowest BCUT2D eigenvalue weighted by Crippen LogP contribution is -2.22. The van der Waals surface area contributed by atoms with Gasteiger partial charge in [0.15, 0.2) is 0 Å². The van der Waals surface area contributed by atoms with Crippen molar-refractivity contribution in [2.24, 2.45) is 0 Å². The number of nitriles is 1. The lowest BCUT2D eigenvalue weighted by atomic mass is 10.1. The SMILES string of the molecule is N#CC(NC1CC1)c1cccc(Cl)c1Cl. The maximum atomic E-state index is 9.06. The van der Waals surface area contributed by atoms with E-state index < -0.39 is 0 Å². The Labute approximate surface area is 98.8 Å². The Morgan fingerprint density at radius 3 is 2.73 bits per heavy atom. The molecule has 0 spiro atoms. The van der Waals surface area contributed by atoms with E-state index in [2.05, 4.69) is 11.4 Å². The molecule has 4 heteroatoms. The Kier molecular flexibility index (Phi) is 3.16. The van der Waals surface area contributed by atoms with Crippen molar-refractivity contribution in [1.29, 1.82) is 5.26 Å². The minimum atomic E-state index is -0.358. The van der Waals surface area contributed by atoms with Crippen molar-refractivity contribution in [1.82, 2.24) is 5.32 Å². The summed E-state index contributed by atoms with van der Waals surface area (Å²) in [6, 6.07) is 7.67. The summed E-state index contributed by atoms with van der Waals surface area (Å²) in [5.41, 5.74) is 0.763. The number of halogens is 2. The molecule has 1 fully saturated rings. The van der Waals surface area contributed by atoms with E-state index in [1.165, 1.54) is 0 Å². The Hall–Kier alpha value is -0.750. The standard InChI is InChI=1S/C11H10Cl2N2/c12-9-3-1-2-8(11(9)13)10(6-14)15-7-4-5-7/h1-3,7,10,15H,4-5H2. The van der Waals surface area contributed by atoms with Crippen LogP contribution in [0.25, 0.3) is 0 Å². The zero-order valence-electron chi connectivity index (χ0n) is 8.00. The monoisotopic (exact) mass is 240 g/mol. The average molecular weight is 241 g/mol. The Bertz CT molecular complexity index is 408. The lowest BCUT2D eigenvalue weighted by Gasteiger charge is -2.13. The van der Waals surface area contributed by atoms with Crippen LogP contribution in [-0.2, 0) is 0 Å². The lowest BCUT2D eigenvalue weighted by molar-refractivity contribution is 0.626. The summed E-state index contributed by atoms with van der Waals surface area (Å²) in [4.78, 5) is 0. The molecule has 0 saturated heterocycles. The minimum Gasteiger partial charge on any atom is -0.295 e. The fourth-order valence-electron chi connectivity index (χ4n) is 1.43. The predicted octanol–water partition coefficient (Wildman–Crippen LogP) is 3.31. The number of hydrogen-bond donors (Lipinski definition) is 1. The van der Waals surface area contributed by atoms with Gasteiger partial charge in [-0.15, -0.1) is 0 Å². The summed E-state index contributed by atoms with van der Waals surface area (Å²) in [5, 5.41) is 13.2. The van der Waals surface area contributed by atoms with E-state index in [1.54, 1.807) is 6.07 Å². The van der Waals surface area contributed by atoms with Gasteiger partial charge in [-0.2, -0.15) is 5.26 Å². The third-order valence-electron chi connectivity index (χ3n) is 2.40. The highest BCUT2D eigenvalue weighted by atomic mass is 35.5. The third kappa shape index (κ3) is 2.43. The van der Waals surface area contributed by atoms with Crippen LogP contribution in [0.15, 0.2) is 18.2 Å². The van der Waals surface area contributed by atoms with E-state index in [-0.39, 0.29) is 6.04 Å². The van der Waals surface area contributed by atoms with Crippen molar-refractivity contribution >= 4 is 23.2 Å². The van der Waals surface area contributed by atoms with E-state index in [0.29, 0.717) is 16.1 Å². The number of benzene rings is 1. The van der Waals surface area contributed by atoms with Crippen molar-refractivity contribution in [3.8, 4) is 6.07 Å². The van der Waals surface area contributed by atoms with Gasteiger partial charge in [0.2, 0.25) is 0 Å². The van der Waals surface area contributed by atoms with Gasteiger partial charge in [0, 0.05) is 11.6 Å². The molecule has 2 nitrogen and oxygen atoms in total. The van der Waals surface area contributed by atoms with Gasteiger partial charge in [-0.3, -0.25) is 5.32 Å². The number of nitrogens with one attached hydrogen (secondary N) is 1. The van der Waals surface area contributed by atoms with Crippen molar-refractivity contribution in [3.05, 3.63) is 33.8 Å². The van der Waals surface area contributed by atoms with Gasteiger partial charge in [0.1, 0.15) is 6.04 Å².